The number of carbonyl (C=O) groups excluding carboxylic acids is 1. The molecule has 1 nitrogen and oxygen atoms in total. The van der Waals surface area contributed by atoms with Gasteiger partial charge >= 0.3 is 0 Å². The highest BCUT2D eigenvalue weighted by Crippen LogP contribution is 2.24. The van der Waals surface area contributed by atoms with Gasteiger partial charge in [-0.05, 0) is 35.3 Å². The van der Waals surface area contributed by atoms with Crippen LogP contribution in [0, 0.1) is 10.8 Å². The second-order valence-corrected chi connectivity index (χ2v) is 7.92. The molecule has 0 radical (unpaired) electrons. The quantitative estimate of drug-likeness (QED) is 0.673. The number of Topliss-reactive ketones (excluding diaryl/α,β-unsaturated/α-hetero) is 1. The average Bonchev–Trinajstić information content (AvgIpc) is 2.23. The molecule has 0 spiro atoms. The van der Waals surface area contributed by atoms with E-state index in [1.165, 1.54) is 5.56 Å². The van der Waals surface area contributed by atoms with E-state index in [1.807, 2.05) is 12.1 Å². The van der Waals surface area contributed by atoms with Crippen molar-refractivity contribution in [3.8, 4) is 0 Å². The average molecular weight is 260 g/mol. The highest BCUT2D eigenvalue weighted by Gasteiger charge is 2.15. The Kier molecular flexibility index (Phi) is 4.95. The first-order valence-corrected chi connectivity index (χ1v) is 7.19. The molecule has 1 heteroatoms. The van der Waals surface area contributed by atoms with Gasteiger partial charge in [0.25, 0.3) is 0 Å². The maximum atomic E-state index is 12.2. The molecule has 0 saturated carbocycles. The standard InChI is InChI=1S/C18H28O/c1-17(2,3)11-10-16(19)15-9-7-8-14(12-15)13-18(4,5)6/h7-9,12H,10-11,13H2,1-6H3. The summed E-state index contributed by atoms with van der Waals surface area (Å²) in [5.41, 5.74) is 2.60. The Labute approximate surface area is 118 Å². The van der Waals surface area contributed by atoms with Gasteiger partial charge in [-0.2, -0.15) is 0 Å². The number of carbonyl (C=O) groups is 1. The van der Waals surface area contributed by atoms with Crippen LogP contribution in [-0.4, -0.2) is 5.78 Å². The molecular formula is C18H28O. The summed E-state index contributed by atoms with van der Waals surface area (Å²) in [7, 11) is 0. The van der Waals surface area contributed by atoms with Crippen LogP contribution in [0.4, 0.5) is 0 Å². The fraction of sp³-hybridized carbons (Fsp3) is 0.611. The molecule has 0 saturated heterocycles. The van der Waals surface area contributed by atoms with E-state index >= 15 is 0 Å². The molecule has 0 amide bonds. The van der Waals surface area contributed by atoms with E-state index in [2.05, 4.69) is 53.7 Å². The molecule has 0 N–H and O–H groups in total. The van der Waals surface area contributed by atoms with E-state index in [0.717, 1.165) is 18.4 Å². The van der Waals surface area contributed by atoms with Gasteiger partial charge in [-0.3, -0.25) is 4.79 Å². The minimum Gasteiger partial charge on any atom is -0.294 e. The monoisotopic (exact) mass is 260 g/mol. The van der Waals surface area contributed by atoms with E-state index in [1.54, 1.807) is 0 Å². The van der Waals surface area contributed by atoms with Crippen LogP contribution in [0.15, 0.2) is 24.3 Å². The van der Waals surface area contributed by atoms with E-state index in [4.69, 9.17) is 0 Å². The third-order valence-electron chi connectivity index (χ3n) is 3.09. The van der Waals surface area contributed by atoms with Gasteiger partial charge in [-0.15, -0.1) is 0 Å². The summed E-state index contributed by atoms with van der Waals surface area (Å²) in [6, 6.07) is 8.13. The summed E-state index contributed by atoms with van der Waals surface area (Å²) < 4.78 is 0. The normalized spacial score (nSPS) is 12.5. The SMILES string of the molecule is CC(C)(C)CCC(=O)c1cccc(CC(C)(C)C)c1. The lowest BCUT2D eigenvalue weighted by Gasteiger charge is -2.19. The fourth-order valence-electron chi connectivity index (χ4n) is 2.10. The van der Waals surface area contributed by atoms with E-state index in [9.17, 15) is 4.79 Å². The van der Waals surface area contributed by atoms with Crippen LogP contribution in [0.3, 0.4) is 0 Å². The third kappa shape index (κ3) is 6.56. The minimum absolute atomic E-state index is 0.221. The Morgan fingerprint density at radius 2 is 1.63 bits per heavy atom. The van der Waals surface area contributed by atoms with Crippen molar-refractivity contribution in [1.29, 1.82) is 0 Å². The maximum absolute atomic E-state index is 12.2. The largest absolute Gasteiger partial charge is 0.294 e. The second kappa shape index (κ2) is 5.90. The summed E-state index contributed by atoms with van der Waals surface area (Å²) in [6.07, 6.45) is 2.59. The van der Waals surface area contributed by atoms with Crippen molar-refractivity contribution in [2.75, 3.05) is 0 Å². The van der Waals surface area contributed by atoms with Crippen LogP contribution in [0.25, 0.3) is 0 Å². The highest BCUT2D eigenvalue weighted by atomic mass is 16.1. The maximum Gasteiger partial charge on any atom is 0.162 e. The number of rotatable bonds is 4. The topological polar surface area (TPSA) is 17.1 Å². The number of hydrogen-bond acceptors (Lipinski definition) is 1. The molecule has 0 aliphatic heterocycles. The molecular weight excluding hydrogens is 232 g/mol. The van der Waals surface area contributed by atoms with Crippen LogP contribution in [0.2, 0.25) is 0 Å². The summed E-state index contributed by atoms with van der Waals surface area (Å²) in [5, 5.41) is 0. The Hall–Kier alpha value is -1.11. The van der Waals surface area contributed by atoms with Crippen molar-refractivity contribution < 1.29 is 4.79 Å². The zero-order chi connectivity index (χ0) is 14.7. The Balaban J connectivity index is 2.73. The zero-order valence-electron chi connectivity index (χ0n) is 13.3. The van der Waals surface area contributed by atoms with Crippen molar-refractivity contribution in [2.45, 2.75) is 60.8 Å². The molecule has 0 aliphatic carbocycles. The second-order valence-electron chi connectivity index (χ2n) is 7.92. The van der Waals surface area contributed by atoms with Crippen LogP contribution in [-0.2, 0) is 6.42 Å². The fourth-order valence-corrected chi connectivity index (χ4v) is 2.10. The Morgan fingerprint density at radius 1 is 1.00 bits per heavy atom. The first-order chi connectivity index (χ1) is 8.57. The van der Waals surface area contributed by atoms with Gasteiger partial charge in [0, 0.05) is 12.0 Å². The molecule has 0 unspecified atom stereocenters. The van der Waals surface area contributed by atoms with Crippen LogP contribution in [0.1, 0.15) is 70.3 Å². The van der Waals surface area contributed by atoms with E-state index < -0.39 is 0 Å². The van der Waals surface area contributed by atoms with E-state index in [-0.39, 0.29) is 16.6 Å². The highest BCUT2D eigenvalue weighted by molar-refractivity contribution is 5.96. The first kappa shape index (κ1) is 15.9. The van der Waals surface area contributed by atoms with Gasteiger partial charge < -0.3 is 0 Å². The number of ketones is 1. The van der Waals surface area contributed by atoms with Gasteiger partial charge in [0.15, 0.2) is 5.78 Å². The molecule has 1 rings (SSSR count). The molecule has 0 fully saturated rings. The molecule has 1 aromatic rings. The predicted octanol–water partition coefficient (Wildman–Crippen LogP) is 5.28. The van der Waals surface area contributed by atoms with Crippen molar-refractivity contribution >= 4 is 5.78 Å². The number of benzene rings is 1. The van der Waals surface area contributed by atoms with Gasteiger partial charge in [0.05, 0.1) is 0 Å². The molecule has 0 aromatic heterocycles. The van der Waals surface area contributed by atoms with Gasteiger partial charge in [-0.1, -0.05) is 59.7 Å². The summed E-state index contributed by atoms with van der Waals surface area (Å²) >= 11 is 0. The summed E-state index contributed by atoms with van der Waals surface area (Å²) in [6.45, 7) is 13.2. The van der Waals surface area contributed by atoms with Gasteiger partial charge in [0.1, 0.15) is 0 Å². The molecule has 106 valence electrons. The molecule has 0 atom stereocenters. The predicted molar refractivity (Wildman–Crippen MR) is 82.6 cm³/mol. The minimum atomic E-state index is 0.221. The third-order valence-corrected chi connectivity index (χ3v) is 3.09. The summed E-state index contributed by atoms with van der Waals surface area (Å²) in [4.78, 5) is 12.2. The molecule has 19 heavy (non-hydrogen) atoms. The Morgan fingerprint density at radius 3 is 2.16 bits per heavy atom. The van der Waals surface area contributed by atoms with Crippen LogP contribution in [0.5, 0.6) is 0 Å². The zero-order valence-corrected chi connectivity index (χ0v) is 13.3. The lowest BCUT2D eigenvalue weighted by molar-refractivity contribution is 0.0966. The number of hydrogen-bond donors (Lipinski definition) is 0. The lowest BCUT2D eigenvalue weighted by Crippen LogP contribution is -2.11. The molecule has 1 aromatic carbocycles. The van der Waals surface area contributed by atoms with Crippen molar-refractivity contribution in [1.82, 2.24) is 0 Å². The van der Waals surface area contributed by atoms with Gasteiger partial charge in [0.2, 0.25) is 0 Å². The molecule has 0 aliphatic rings. The lowest BCUT2D eigenvalue weighted by atomic mass is 9.86. The van der Waals surface area contributed by atoms with Crippen molar-refractivity contribution in [2.24, 2.45) is 10.8 Å². The first-order valence-electron chi connectivity index (χ1n) is 7.19. The van der Waals surface area contributed by atoms with Crippen LogP contribution < -0.4 is 0 Å². The molecule has 0 bridgehead atoms. The Bertz CT molecular complexity index is 430. The molecule has 0 heterocycles. The van der Waals surface area contributed by atoms with Crippen molar-refractivity contribution in [3.63, 3.8) is 0 Å². The summed E-state index contributed by atoms with van der Waals surface area (Å²) in [5.74, 6) is 0.269. The van der Waals surface area contributed by atoms with E-state index in [0.29, 0.717) is 6.42 Å². The van der Waals surface area contributed by atoms with Crippen molar-refractivity contribution in [3.05, 3.63) is 35.4 Å². The van der Waals surface area contributed by atoms with Crippen LogP contribution >= 0.6 is 0 Å². The van der Waals surface area contributed by atoms with Gasteiger partial charge in [-0.25, -0.2) is 0 Å². The smallest absolute Gasteiger partial charge is 0.162 e.